The van der Waals surface area contributed by atoms with Gasteiger partial charge in [-0.15, -0.1) is 0 Å². The zero-order valence-electron chi connectivity index (χ0n) is 10.3. The van der Waals surface area contributed by atoms with Crippen molar-refractivity contribution >= 4 is 17.8 Å². The van der Waals surface area contributed by atoms with Gasteiger partial charge in [0.15, 0.2) is 17.3 Å². The van der Waals surface area contributed by atoms with E-state index in [4.69, 9.17) is 9.47 Å². The van der Waals surface area contributed by atoms with Gasteiger partial charge in [-0.3, -0.25) is 9.59 Å². The number of esters is 1. The van der Waals surface area contributed by atoms with Crippen LogP contribution in [-0.4, -0.2) is 18.9 Å². The summed E-state index contributed by atoms with van der Waals surface area (Å²) in [4.78, 5) is 21.9. The minimum atomic E-state index is -0.418. The van der Waals surface area contributed by atoms with E-state index in [2.05, 4.69) is 6.58 Å². The molecule has 0 atom stereocenters. The van der Waals surface area contributed by atoms with Crippen LogP contribution in [0.25, 0.3) is 6.08 Å². The highest BCUT2D eigenvalue weighted by Gasteiger charge is 2.06. The third-order valence-electron chi connectivity index (χ3n) is 2.08. The molecule has 0 amide bonds. The van der Waals surface area contributed by atoms with Crippen LogP contribution in [0.3, 0.4) is 0 Å². The Bertz CT molecular complexity index is 501. The molecule has 0 aromatic heterocycles. The fourth-order valence-corrected chi connectivity index (χ4v) is 1.27. The van der Waals surface area contributed by atoms with E-state index < -0.39 is 5.97 Å². The van der Waals surface area contributed by atoms with Crippen LogP contribution < -0.4 is 9.47 Å². The highest BCUT2D eigenvalue weighted by atomic mass is 16.6. The average molecular weight is 246 g/mol. The minimum Gasteiger partial charge on any atom is -0.493 e. The second kappa shape index (κ2) is 6.39. The van der Waals surface area contributed by atoms with Gasteiger partial charge in [-0.25, -0.2) is 0 Å². The number of hydrogen-bond donors (Lipinski definition) is 0. The molecule has 94 valence electrons. The quantitative estimate of drug-likeness (QED) is 0.454. The lowest BCUT2D eigenvalue weighted by atomic mass is 10.1. The molecule has 0 heterocycles. The van der Waals surface area contributed by atoms with Crippen molar-refractivity contribution in [3.63, 3.8) is 0 Å². The van der Waals surface area contributed by atoms with Gasteiger partial charge < -0.3 is 9.47 Å². The SMILES string of the molecule is C=CC(=O)/C=C/c1ccc(OC(C)=O)c(OC)c1. The van der Waals surface area contributed by atoms with Crippen LogP contribution in [0.2, 0.25) is 0 Å². The third-order valence-corrected chi connectivity index (χ3v) is 2.08. The summed E-state index contributed by atoms with van der Waals surface area (Å²) in [7, 11) is 1.48. The lowest BCUT2D eigenvalue weighted by molar-refractivity contribution is -0.132. The number of allylic oxidation sites excluding steroid dienone is 2. The molecule has 0 aliphatic rings. The number of benzene rings is 1. The van der Waals surface area contributed by atoms with E-state index in [1.165, 1.54) is 26.2 Å². The van der Waals surface area contributed by atoms with Crippen molar-refractivity contribution in [2.45, 2.75) is 6.92 Å². The molecule has 0 saturated heterocycles. The van der Waals surface area contributed by atoms with E-state index in [9.17, 15) is 9.59 Å². The second-order valence-electron chi connectivity index (χ2n) is 3.44. The predicted octanol–water partition coefficient (Wildman–Crippen LogP) is 2.39. The van der Waals surface area contributed by atoms with E-state index in [-0.39, 0.29) is 5.78 Å². The lowest BCUT2D eigenvalue weighted by Crippen LogP contribution is -2.03. The standard InChI is InChI=1S/C14H14O4/c1-4-12(16)7-5-11-6-8-13(18-10(2)15)14(9-11)17-3/h4-9H,1H2,2-3H3/b7-5+. The van der Waals surface area contributed by atoms with Gasteiger partial charge in [0.25, 0.3) is 0 Å². The molecule has 0 unspecified atom stereocenters. The van der Waals surface area contributed by atoms with Crippen molar-refractivity contribution in [1.82, 2.24) is 0 Å². The third kappa shape index (κ3) is 3.90. The zero-order chi connectivity index (χ0) is 13.5. The fraction of sp³-hybridized carbons (Fsp3) is 0.143. The summed E-state index contributed by atoms with van der Waals surface area (Å²) in [6.07, 6.45) is 4.25. The Morgan fingerprint density at radius 3 is 2.56 bits per heavy atom. The highest BCUT2D eigenvalue weighted by Crippen LogP contribution is 2.28. The van der Waals surface area contributed by atoms with Crippen molar-refractivity contribution in [3.05, 3.63) is 42.5 Å². The molecule has 18 heavy (non-hydrogen) atoms. The van der Waals surface area contributed by atoms with Gasteiger partial charge in [-0.2, -0.15) is 0 Å². The molecule has 0 aliphatic carbocycles. The number of rotatable bonds is 5. The molecule has 0 fully saturated rings. The Morgan fingerprint density at radius 1 is 1.28 bits per heavy atom. The summed E-state index contributed by atoms with van der Waals surface area (Å²) in [6.45, 7) is 4.69. The van der Waals surface area contributed by atoms with Crippen molar-refractivity contribution < 1.29 is 19.1 Å². The molecule has 1 aromatic carbocycles. The fourth-order valence-electron chi connectivity index (χ4n) is 1.27. The van der Waals surface area contributed by atoms with E-state index in [1.54, 1.807) is 24.3 Å². The van der Waals surface area contributed by atoms with Crippen LogP contribution in [0.15, 0.2) is 36.9 Å². The van der Waals surface area contributed by atoms with Crippen LogP contribution in [-0.2, 0) is 9.59 Å². The van der Waals surface area contributed by atoms with Gasteiger partial charge in [-0.05, 0) is 29.8 Å². The van der Waals surface area contributed by atoms with Gasteiger partial charge in [-0.1, -0.05) is 18.7 Å². The van der Waals surface area contributed by atoms with E-state index >= 15 is 0 Å². The van der Waals surface area contributed by atoms with Gasteiger partial charge in [0.1, 0.15) is 0 Å². The molecule has 1 aromatic rings. The topological polar surface area (TPSA) is 52.6 Å². The molecular formula is C14H14O4. The van der Waals surface area contributed by atoms with Crippen LogP contribution in [0.4, 0.5) is 0 Å². The van der Waals surface area contributed by atoms with E-state index in [0.29, 0.717) is 11.5 Å². The van der Waals surface area contributed by atoms with Gasteiger partial charge in [0, 0.05) is 6.92 Å². The maximum absolute atomic E-state index is 11.0. The van der Waals surface area contributed by atoms with Crippen molar-refractivity contribution in [3.8, 4) is 11.5 Å². The Morgan fingerprint density at radius 2 is 2.00 bits per heavy atom. The Hall–Kier alpha value is -2.36. The van der Waals surface area contributed by atoms with Gasteiger partial charge >= 0.3 is 5.97 Å². The lowest BCUT2D eigenvalue weighted by Gasteiger charge is -2.08. The number of ether oxygens (including phenoxy) is 2. The maximum Gasteiger partial charge on any atom is 0.308 e. The monoisotopic (exact) mass is 246 g/mol. The molecule has 0 aliphatic heterocycles. The first-order chi connectivity index (χ1) is 8.56. The Labute approximate surface area is 106 Å². The summed E-state index contributed by atoms with van der Waals surface area (Å²) in [6, 6.07) is 5.00. The number of methoxy groups -OCH3 is 1. The number of ketones is 1. The minimum absolute atomic E-state index is 0.182. The zero-order valence-corrected chi connectivity index (χ0v) is 10.3. The largest absolute Gasteiger partial charge is 0.493 e. The maximum atomic E-state index is 11.0. The van der Waals surface area contributed by atoms with E-state index in [1.807, 2.05) is 0 Å². The summed E-state index contributed by atoms with van der Waals surface area (Å²) in [5.41, 5.74) is 0.762. The predicted molar refractivity (Wildman–Crippen MR) is 68.5 cm³/mol. The molecule has 0 bridgehead atoms. The number of hydrogen-bond acceptors (Lipinski definition) is 4. The van der Waals surface area contributed by atoms with Crippen LogP contribution in [0.5, 0.6) is 11.5 Å². The van der Waals surface area contributed by atoms with Crippen molar-refractivity contribution in [2.24, 2.45) is 0 Å². The first kappa shape index (κ1) is 13.7. The summed E-state index contributed by atoms with van der Waals surface area (Å²) >= 11 is 0. The normalized spacial score (nSPS) is 10.1. The van der Waals surface area contributed by atoms with Gasteiger partial charge in [0.05, 0.1) is 7.11 Å². The van der Waals surface area contributed by atoms with Gasteiger partial charge in [0.2, 0.25) is 0 Å². The molecular weight excluding hydrogens is 232 g/mol. The summed E-state index contributed by atoms with van der Waals surface area (Å²) in [5.74, 6) is 0.173. The first-order valence-corrected chi connectivity index (χ1v) is 5.27. The highest BCUT2D eigenvalue weighted by molar-refractivity contribution is 6.01. The molecule has 0 spiro atoms. The van der Waals surface area contributed by atoms with Crippen molar-refractivity contribution in [1.29, 1.82) is 0 Å². The molecule has 0 N–H and O–H groups in total. The van der Waals surface area contributed by atoms with Crippen LogP contribution in [0.1, 0.15) is 12.5 Å². The smallest absolute Gasteiger partial charge is 0.308 e. The molecule has 0 saturated carbocycles. The number of carbonyl (C=O) groups is 2. The summed E-state index contributed by atoms with van der Waals surface area (Å²) < 4.78 is 10.1. The van der Waals surface area contributed by atoms with Crippen LogP contribution in [0, 0.1) is 0 Å². The second-order valence-corrected chi connectivity index (χ2v) is 3.44. The number of carbonyl (C=O) groups excluding carboxylic acids is 2. The summed E-state index contributed by atoms with van der Waals surface area (Å²) in [5, 5.41) is 0. The average Bonchev–Trinajstić information content (AvgIpc) is 2.36. The molecule has 4 nitrogen and oxygen atoms in total. The molecule has 4 heteroatoms. The Kier molecular flexibility index (Phi) is 4.87. The Balaban J connectivity index is 2.98. The molecule has 0 radical (unpaired) electrons. The molecule has 1 rings (SSSR count). The first-order valence-electron chi connectivity index (χ1n) is 5.27. The van der Waals surface area contributed by atoms with Crippen LogP contribution >= 0.6 is 0 Å². The van der Waals surface area contributed by atoms with Crippen molar-refractivity contribution in [2.75, 3.05) is 7.11 Å². The van der Waals surface area contributed by atoms with E-state index in [0.717, 1.165) is 5.56 Å².